The summed E-state index contributed by atoms with van der Waals surface area (Å²) in [5.74, 6) is -0.481. The maximum absolute atomic E-state index is 14.3. The molecule has 0 saturated carbocycles. The molecule has 3 atom stereocenters. The SMILES string of the molecule is CNC(C)C(=O)N[C@@H]1C(=O)N(Cc2cc(-c3ccccc3)ccc2OC)c2ccc(C#N)cc2N(C(C)=O)[C@H]1C.Cl. The highest BCUT2D eigenvalue weighted by Gasteiger charge is 2.42. The lowest BCUT2D eigenvalue weighted by atomic mass is 10.0. The normalized spacial score (nSPS) is 16.9. The van der Waals surface area contributed by atoms with Gasteiger partial charge in [-0.2, -0.15) is 5.26 Å². The summed E-state index contributed by atoms with van der Waals surface area (Å²) in [5.41, 5.74) is 3.92. The number of nitriles is 1. The number of halogens is 1. The van der Waals surface area contributed by atoms with Crippen molar-refractivity contribution < 1.29 is 19.1 Å². The minimum atomic E-state index is -1.05. The summed E-state index contributed by atoms with van der Waals surface area (Å²) in [6, 6.07) is 20.3. The molecule has 0 bridgehead atoms. The number of anilines is 2. The molecule has 0 saturated heterocycles. The Balaban J connectivity index is 0.00000462. The summed E-state index contributed by atoms with van der Waals surface area (Å²) in [4.78, 5) is 43.3. The van der Waals surface area contributed by atoms with E-state index in [1.165, 1.54) is 11.8 Å². The van der Waals surface area contributed by atoms with Crippen molar-refractivity contribution >= 4 is 41.5 Å². The number of carbonyl (C=O) groups is 3. The molecular formula is C31H34ClN5O4. The summed E-state index contributed by atoms with van der Waals surface area (Å²) < 4.78 is 5.66. The number of amides is 3. The Morgan fingerprint density at radius 1 is 1.05 bits per heavy atom. The molecular weight excluding hydrogens is 542 g/mol. The number of methoxy groups -OCH3 is 1. The Morgan fingerprint density at radius 3 is 2.37 bits per heavy atom. The Bertz CT molecular complexity index is 1470. The molecule has 3 aromatic carbocycles. The van der Waals surface area contributed by atoms with Crippen LogP contribution in [-0.2, 0) is 20.9 Å². The third-order valence-corrected chi connectivity index (χ3v) is 7.26. The molecule has 1 heterocycles. The predicted molar refractivity (Wildman–Crippen MR) is 161 cm³/mol. The number of carbonyl (C=O) groups excluding carboxylic acids is 3. The van der Waals surface area contributed by atoms with Crippen molar-refractivity contribution in [2.75, 3.05) is 24.0 Å². The maximum atomic E-state index is 14.3. The van der Waals surface area contributed by atoms with Gasteiger partial charge < -0.3 is 25.2 Å². The minimum Gasteiger partial charge on any atom is -0.496 e. The molecule has 9 nitrogen and oxygen atoms in total. The van der Waals surface area contributed by atoms with Gasteiger partial charge in [-0.15, -0.1) is 12.4 Å². The molecule has 0 radical (unpaired) electrons. The first-order valence-corrected chi connectivity index (χ1v) is 13.1. The van der Waals surface area contributed by atoms with Crippen LogP contribution in [0.2, 0.25) is 0 Å². The van der Waals surface area contributed by atoms with E-state index in [-0.39, 0.29) is 36.7 Å². The molecule has 1 unspecified atom stereocenters. The third-order valence-electron chi connectivity index (χ3n) is 7.26. The second-order valence-corrected chi connectivity index (χ2v) is 9.76. The predicted octanol–water partition coefficient (Wildman–Crippen LogP) is 4.04. The molecule has 1 aliphatic rings. The van der Waals surface area contributed by atoms with Gasteiger partial charge in [0.25, 0.3) is 5.91 Å². The second-order valence-electron chi connectivity index (χ2n) is 9.76. The molecule has 0 spiro atoms. The van der Waals surface area contributed by atoms with Crippen LogP contribution in [0.25, 0.3) is 11.1 Å². The summed E-state index contributed by atoms with van der Waals surface area (Å²) >= 11 is 0. The fourth-order valence-corrected chi connectivity index (χ4v) is 4.97. The largest absolute Gasteiger partial charge is 0.496 e. The molecule has 0 aromatic heterocycles. The van der Waals surface area contributed by atoms with E-state index in [2.05, 4.69) is 16.7 Å². The fraction of sp³-hybridized carbons (Fsp3) is 0.290. The van der Waals surface area contributed by atoms with Crippen molar-refractivity contribution in [1.82, 2.24) is 10.6 Å². The van der Waals surface area contributed by atoms with Crippen molar-refractivity contribution in [3.8, 4) is 22.9 Å². The van der Waals surface area contributed by atoms with Crippen LogP contribution < -0.4 is 25.2 Å². The number of hydrogen-bond donors (Lipinski definition) is 2. The molecule has 3 amide bonds. The lowest BCUT2D eigenvalue weighted by Gasteiger charge is -2.32. The molecule has 41 heavy (non-hydrogen) atoms. The first kappa shape index (κ1) is 31.1. The number of likely N-dealkylation sites (N-methyl/N-ethyl adjacent to an activating group) is 1. The molecule has 10 heteroatoms. The van der Waals surface area contributed by atoms with Crippen molar-refractivity contribution in [3.63, 3.8) is 0 Å². The number of ether oxygens (including phenoxy) is 1. The first-order chi connectivity index (χ1) is 19.2. The van der Waals surface area contributed by atoms with Crippen LogP contribution in [-0.4, -0.2) is 50.0 Å². The zero-order chi connectivity index (χ0) is 29.0. The van der Waals surface area contributed by atoms with Crippen LogP contribution in [0.3, 0.4) is 0 Å². The number of nitrogens with zero attached hydrogens (tertiary/aromatic N) is 3. The first-order valence-electron chi connectivity index (χ1n) is 13.1. The average Bonchev–Trinajstić information content (AvgIpc) is 3.05. The molecule has 3 aromatic rings. The Kier molecular flexibility index (Phi) is 10.1. The van der Waals surface area contributed by atoms with E-state index in [4.69, 9.17) is 4.74 Å². The number of benzene rings is 3. The van der Waals surface area contributed by atoms with Crippen LogP contribution in [0.1, 0.15) is 31.9 Å². The molecule has 0 fully saturated rings. The van der Waals surface area contributed by atoms with Crippen LogP contribution in [0.4, 0.5) is 11.4 Å². The molecule has 214 valence electrons. The number of rotatable bonds is 7. The molecule has 2 N–H and O–H groups in total. The monoisotopic (exact) mass is 575 g/mol. The van der Waals surface area contributed by atoms with Gasteiger partial charge in [0.1, 0.15) is 11.8 Å². The van der Waals surface area contributed by atoms with Crippen LogP contribution >= 0.6 is 12.4 Å². The highest BCUT2D eigenvalue weighted by Crippen LogP contribution is 2.38. The summed E-state index contributed by atoms with van der Waals surface area (Å²) in [5, 5.41) is 15.3. The quantitative estimate of drug-likeness (QED) is 0.439. The topological polar surface area (TPSA) is 115 Å². The van der Waals surface area contributed by atoms with Crippen LogP contribution in [0, 0.1) is 11.3 Å². The van der Waals surface area contributed by atoms with Crippen molar-refractivity contribution in [2.24, 2.45) is 0 Å². The Hall–Kier alpha value is -4.39. The van der Waals surface area contributed by atoms with Crippen molar-refractivity contribution in [2.45, 2.75) is 45.4 Å². The van der Waals surface area contributed by atoms with E-state index in [1.807, 2.05) is 48.5 Å². The summed E-state index contributed by atoms with van der Waals surface area (Å²) in [6.07, 6.45) is 0. The minimum absolute atomic E-state index is 0. The van der Waals surface area contributed by atoms with E-state index >= 15 is 0 Å². The molecule has 0 aliphatic carbocycles. The van der Waals surface area contributed by atoms with Gasteiger partial charge in [0, 0.05) is 12.5 Å². The van der Waals surface area contributed by atoms with Gasteiger partial charge in [-0.1, -0.05) is 36.4 Å². The fourth-order valence-electron chi connectivity index (χ4n) is 4.97. The van der Waals surface area contributed by atoms with E-state index in [0.717, 1.165) is 16.7 Å². The zero-order valence-electron chi connectivity index (χ0n) is 23.7. The third kappa shape index (κ3) is 6.35. The number of nitrogens with one attached hydrogen (secondary N) is 2. The van der Waals surface area contributed by atoms with Gasteiger partial charge in [0.15, 0.2) is 0 Å². The number of hydrogen-bond acceptors (Lipinski definition) is 6. The van der Waals surface area contributed by atoms with Crippen LogP contribution in [0.15, 0.2) is 66.7 Å². The average molecular weight is 576 g/mol. The maximum Gasteiger partial charge on any atom is 0.252 e. The molecule has 1 aliphatic heterocycles. The zero-order valence-corrected chi connectivity index (χ0v) is 24.5. The van der Waals surface area contributed by atoms with Gasteiger partial charge in [-0.05, 0) is 62.4 Å². The second kappa shape index (κ2) is 13.3. The van der Waals surface area contributed by atoms with Gasteiger partial charge in [-0.3, -0.25) is 14.4 Å². The Labute approximate surface area is 246 Å². The van der Waals surface area contributed by atoms with Gasteiger partial charge >= 0.3 is 0 Å². The van der Waals surface area contributed by atoms with Gasteiger partial charge in [-0.25, -0.2) is 0 Å². The van der Waals surface area contributed by atoms with Gasteiger partial charge in [0.05, 0.1) is 48.7 Å². The smallest absolute Gasteiger partial charge is 0.252 e. The van der Waals surface area contributed by atoms with E-state index in [0.29, 0.717) is 22.7 Å². The van der Waals surface area contributed by atoms with Crippen LogP contribution in [0.5, 0.6) is 5.75 Å². The van der Waals surface area contributed by atoms with E-state index in [9.17, 15) is 19.6 Å². The molecule has 4 rings (SSSR count). The van der Waals surface area contributed by atoms with Gasteiger partial charge in [0.2, 0.25) is 11.8 Å². The van der Waals surface area contributed by atoms with Crippen molar-refractivity contribution in [3.05, 3.63) is 77.9 Å². The van der Waals surface area contributed by atoms with E-state index in [1.54, 1.807) is 51.1 Å². The lowest BCUT2D eigenvalue weighted by Crippen LogP contribution is -2.59. The Morgan fingerprint density at radius 2 is 1.76 bits per heavy atom. The highest BCUT2D eigenvalue weighted by atomic mass is 35.5. The lowest BCUT2D eigenvalue weighted by molar-refractivity contribution is -0.129. The number of fused-ring (bicyclic) bond motifs is 1. The summed E-state index contributed by atoms with van der Waals surface area (Å²) in [6.45, 7) is 4.92. The highest BCUT2D eigenvalue weighted by molar-refractivity contribution is 6.08. The summed E-state index contributed by atoms with van der Waals surface area (Å²) in [7, 11) is 3.22. The van der Waals surface area contributed by atoms with Crippen molar-refractivity contribution in [1.29, 1.82) is 5.26 Å². The van der Waals surface area contributed by atoms with E-state index < -0.39 is 18.1 Å². The standard InChI is InChI=1S/C31H33N5O4.ClH/c1-19(33-4)30(38)34-29-20(2)36(21(3)37)27-15-22(17-32)11-13-26(27)35(31(29)39)18-25-16-24(12-14-28(25)40-5)23-9-7-6-8-10-23;/h6-16,19-20,29,33H,18H2,1-5H3,(H,34,38);1H/t19?,20-,29-;/m0./s1.